The average Bonchev–Trinajstić information content (AvgIpc) is 3.47. The maximum absolute atomic E-state index is 12.9. The molecule has 0 fully saturated rings. The second kappa shape index (κ2) is 69.1. The van der Waals surface area contributed by atoms with Crippen LogP contribution in [0.25, 0.3) is 0 Å². The summed E-state index contributed by atoms with van der Waals surface area (Å²) in [5.41, 5.74) is 0. The molecule has 0 bridgehead atoms. The number of rotatable bonds is 64. The predicted molar refractivity (Wildman–Crippen MR) is 353 cm³/mol. The van der Waals surface area contributed by atoms with E-state index in [4.69, 9.17) is 14.2 Å². The van der Waals surface area contributed by atoms with Crippen molar-refractivity contribution in [2.75, 3.05) is 13.2 Å². The molecule has 0 heterocycles. The molecule has 0 aliphatic carbocycles. The summed E-state index contributed by atoms with van der Waals surface area (Å²) in [6, 6.07) is 0. The van der Waals surface area contributed by atoms with Crippen molar-refractivity contribution in [3.63, 3.8) is 0 Å². The molecule has 0 aromatic rings. The van der Waals surface area contributed by atoms with E-state index in [0.29, 0.717) is 19.3 Å². The van der Waals surface area contributed by atoms with Gasteiger partial charge in [-0.2, -0.15) is 0 Å². The average molecular weight is 1130 g/mol. The second-order valence-electron chi connectivity index (χ2n) is 23.4. The highest BCUT2D eigenvalue weighted by Gasteiger charge is 2.19. The Morgan fingerprint density at radius 2 is 0.481 bits per heavy atom. The van der Waals surface area contributed by atoms with Crippen molar-refractivity contribution >= 4 is 17.9 Å². The minimum atomic E-state index is -0.780. The van der Waals surface area contributed by atoms with Crippen LogP contribution in [0, 0.1) is 0 Å². The van der Waals surface area contributed by atoms with Gasteiger partial charge in [-0.05, 0) is 96.3 Å². The predicted octanol–water partition coefficient (Wildman–Crippen LogP) is 24.2. The molecular formula is C75H132O6. The molecule has 0 N–H and O–H groups in total. The normalized spacial score (nSPS) is 12.6. The first-order valence-corrected chi connectivity index (χ1v) is 35.1. The molecule has 0 aromatic carbocycles. The Labute approximate surface area is 503 Å². The largest absolute Gasteiger partial charge is 0.462 e. The van der Waals surface area contributed by atoms with Crippen molar-refractivity contribution in [2.24, 2.45) is 0 Å². The van der Waals surface area contributed by atoms with Crippen LogP contribution in [0.5, 0.6) is 0 Å². The van der Waals surface area contributed by atoms with Crippen LogP contribution < -0.4 is 0 Å². The molecule has 0 saturated carbocycles. The number of allylic oxidation sites excluding steroid dienone is 14. The van der Waals surface area contributed by atoms with E-state index in [1.165, 1.54) is 218 Å². The quantitative estimate of drug-likeness (QED) is 0.0261. The molecule has 81 heavy (non-hydrogen) atoms. The third kappa shape index (κ3) is 67.3. The Hall–Kier alpha value is -3.41. The third-order valence-corrected chi connectivity index (χ3v) is 15.4. The third-order valence-electron chi connectivity index (χ3n) is 15.4. The van der Waals surface area contributed by atoms with Crippen LogP contribution in [0.2, 0.25) is 0 Å². The highest BCUT2D eigenvalue weighted by molar-refractivity contribution is 5.71. The van der Waals surface area contributed by atoms with Gasteiger partial charge in [0.1, 0.15) is 13.2 Å². The molecule has 6 nitrogen and oxygen atoms in total. The Kier molecular flexibility index (Phi) is 66.2. The number of hydrogen-bond acceptors (Lipinski definition) is 6. The van der Waals surface area contributed by atoms with Crippen molar-refractivity contribution in [2.45, 2.75) is 361 Å². The van der Waals surface area contributed by atoms with E-state index < -0.39 is 6.10 Å². The van der Waals surface area contributed by atoms with Crippen molar-refractivity contribution in [1.29, 1.82) is 0 Å². The van der Waals surface area contributed by atoms with E-state index in [9.17, 15) is 14.4 Å². The molecule has 0 aromatic heterocycles. The number of carbonyl (C=O) groups is 3. The molecule has 0 saturated heterocycles. The fourth-order valence-electron chi connectivity index (χ4n) is 10.2. The smallest absolute Gasteiger partial charge is 0.306 e. The Bertz CT molecular complexity index is 1530. The molecule has 0 aliphatic rings. The number of hydrogen-bond donors (Lipinski definition) is 0. The highest BCUT2D eigenvalue weighted by atomic mass is 16.6. The second-order valence-corrected chi connectivity index (χ2v) is 23.4. The van der Waals surface area contributed by atoms with Crippen LogP contribution in [0.4, 0.5) is 0 Å². The molecule has 0 spiro atoms. The van der Waals surface area contributed by atoms with Gasteiger partial charge in [-0.1, -0.05) is 324 Å². The van der Waals surface area contributed by atoms with Crippen molar-refractivity contribution in [3.05, 3.63) is 85.1 Å². The van der Waals surface area contributed by atoms with Gasteiger partial charge in [-0.25, -0.2) is 0 Å². The monoisotopic (exact) mass is 1130 g/mol. The Morgan fingerprint density at radius 3 is 0.765 bits per heavy atom. The highest BCUT2D eigenvalue weighted by Crippen LogP contribution is 2.17. The lowest BCUT2D eigenvalue weighted by Crippen LogP contribution is -2.30. The summed E-state index contributed by atoms with van der Waals surface area (Å²) in [7, 11) is 0. The van der Waals surface area contributed by atoms with Gasteiger partial charge in [0.15, 0.2) is 6.10 Å². The van der Waals surface area contributed by atoms with E-state index in [2.05, 4.69) is 106 Å². The van der Waals surface area contributed by atoms with Crippen LogP contribution in [0.1, 0.15) is 355 Å². The fraction of sp³-hybridized carbons (Fsp3) is 0.773. The minimum absolute atomic E-state index is 0.0749. The zero-order valence-electron chi connectivity index (χ0n) is 53.8. The van der Waals surface area contributed by atoms with Gasteiger partial charge in [-0.3, -0.25) is 14.4 Å². The van der Waals surface area contributed by atoms with Gasteiger partial charge in [0.2, 0.25) is 0 Å². The first kappa shape index (κ1) is 77.6. The van der Waals surface area contributed by atoms with E-state index in [1.54, 1.807) is 0 Å². The van der Waals surface area contributed by atoms with Crippen LogP contribution in [-0.2, 0) is 28.6 Å². The maximum Gasteiger partial charge on any atom is 0.306 e. The molecule has 0 amide bonds. The lowest BCUT2D eigenvalue weighted by atomic mass is 10.0. The van der Waals surface area contributed by atoms with Crippen LogP contribution in [-0.4, -0.2) is 37.2 Å². The zero-order valence-corrected chi connectivity index (χ0v) is 53.8. The van der Waals surface area contributed by atoms with Crippen LogP contribution in [0.15, 0.2) is 85.1 Å². The lowest BCUT2D eigenvalue weighted by molar-refractivity contribution is -0.167. The molecule has 0 radical (unpaired) electrons. The minimum Gasteiger partial charge on any atom is -0.462 e. The SMILES string of the molecule is CC/C=C\C/C=C\C/C=C\C/C=C\C/C=C\C/C=C\CCCCCCCCCCCCC(=O)OCC(COC(=O)CCCCCCCCCCCCCCCCCCC)OC(=O)CCCCCCCCC/C=C\CCCCCCCC. The van der Waals surface area contributed by atoms with Crippen molar-refractivity contribution < 1.29 is 28.6 Å². The van der Waals surface area contributed by atoms with Gasteiger partial charge in [0.05, 0.1) is 0 Å². The van der Waals surface area contributed by atoms with Crippen molar-refractivity contribution in [3.8, 4) is 0 Å². The molecule has 1 unspecified atom stereocenters. The first-order valence-electron chi connectivity index (χ1n) is 35.1. The summed E-state index contributed by atoms with van der Waals surface area (Å²) in [5.74, 6) is -0.864. The van der Waals surface area contributed by atoms with E-state index >= 15 is 0 Å². The molecule has 0 aliphatic heterocycles. The van der Waals surface area contributed by atoms with Gasteiger partial charge in [0.25, 0.3) is 0 Å². The number of esters is 3. The van der Waals surface area contributed by atoms with Gasteiger partial charge in [0, 0.05) is 19.3 Å². The number of carbonyl (C=O) groups excluding carboxylic acids is 3. The van der Waals surface area contributed by atoms with Crippen LogP contribution in [0.3, 0.4) is 0 Å². The number of unbranched alkanes of at least 4 members (excludes halogenated alkanes) is 39. The zero-order chi connectivity index (χ0) is 58.5. The van der Waals surface area contributed by atoms with E-state index in [0.717, 1.165) is 96.3 Å². The molecule has 0 rings (SSSR count). The summed E-state index contributed by atoms with van der Waals surface area (Å²) in [4.78, 5) is 38.4. The van der Waals surface area contributed by atoms with Gasteiger partial charge < -0.3 is 14.2 Å². The van der Waals surface area contributed by atoms with Gasteiger partial charge >= 0.3 is 17.9 Å². The Morgan fingerprint density at radius 1 is 0.259 bits per heavy atom. The summed E-state index contributed by atoms with van der Waals surface area (Å²) < 4.78 is 17.0. The summed E-state index contributed by atoms with van der Waals surface area (Å²) >= 11 is 0. The summed E-state index contributed by atoms with van der Waals surface area (Å²) in [6.07, 6.45) is 91.7. The summed E-state index contributed by atoms with van der Waals surface area (Å²) in [6.45, 7) is 6.57. The molecule has 1 atom stereocenters. The van der Waals surface area contributed by atoms with Crippen LogP contribution >= 0.6 is 0 Å². The van der Waals surface area contributed by atoms with Crippen molar-refractivity contribution in [1.82, 2.24) is 0 Å². The van der Waals surface area contributed by atoms with E-state index in [1.807, 2.05) is 0 Å². The Balaban J connectivity index is 4.30. The maximum atomic E-state index is 12.9. The standard InChI is InChI=1S/C75H132O6/c1-4-7-10-13-16-19-22-25-28-31-32-33-34-35-36-37-38-39-40-41-42-45-47-50-53-56-59-62-65-68-74(77)80-71-72(81-75(78)69-66-63-60-57-54-51-48-44-30-27-24-21-18-15-12-9-6-3)70-79-73(76)67-64-61-58-55-52-49-46-43-29-26-23-20-17-14-11-8-5-2/h7,10,16,19,25,27-28,30,32-33,35-36,38-39,72H,4-6,8-9,11-15,17-18,20-24,26,29,31,34,37,40-71H2,1-3H3/b10-7-,19-16-,28-25-,30-27-,33-32-,36-35-,39-38-. The fourth-order valence-corrected chi connectivity index (χ4v) is 10.2. The lowest BCUT2D eigenvalue weighted by Gasteiger charge is -2.18. The molecule has 6 heteroatoms. The summed E-state index contributed by atoms with van der Waals surface area (Å²) in [5, 5.41) is 0. The first-order chi connectivity index (χ1) is 40.0. The van der Waals surface area contributed by atoms with E-state index in [-0.39, 0.29) is 31.1 Å². The molecular weight excluding hydrogens is 997 g/mol. The topological polar surface area (TPSA) is 78.9 Å². The van der Waals surface area contributed by atoms with Gasteiger partial charge in [-0.15, -0.1) is 0 Å². The molecule has 468 valence electrons. The number of ether oxygens (including phenoxy) is 3.